The molecule has 1 saturated heterocycles. The van der Waals surface area contributed by atoms with Crippen LogP contribution in [-0.4, -0.2) is 140 Å². The zero-order chi connectivity index (χ0) is 52.3. The Balaban J connectivity index is 0.779. The first-order valence-electron chi connectivity index (χ1n) is 24.1. The SMILES string of the molecule is Cc1ncsc1-c1ccc(CNC(=O)[C@@H]2C[C@@H](O)CN2C(=O)[C@@H](NC(=O)COCCOCCOCCOCCOc2cc3nccc(Nc4ccc5scnc5c4)c3cc2S(=O)(=O)C(C)(C)C)C(C)(C)C)cc1. The van der Waals surface area contributed by atoms with Crippen molar-refractivity contribution in [3.63, 3.8) is 0 Å². The Morgan fingerprint density at radius 1 is 0.808 bits per heavy atom. The first-order chi connectivity index (χ1) is 34.8. The molecule has 0 spiro atoms. The molecular formula is C52H65N7O11S3. The Kier molecular flexibility index (Phi) is 18.6. The van der Waals surface area contributed by atoms with E-state index in [2.05, 4.69) is 30.9 Å². The van der Waals surface area contributed by atoms with Crippen LogP contribution in [0.4, 0.5) is 11.4 Å². The number of sulfone groups is 1. The topological polar surface area (TPSA) is 230 Å². The van der Waals surface area contributed by atoms with Gasteiger partial charge in [-0.05, 0) is 74.6 Å². The minimum Gasteiger partial charge on any atom is -0.490 e. The number of aromatic nitrogens is 3. The zero-order valence-electron chi connectivity index (χ0n) is 42.3. The van der Waals surface area contributed by atoms with Crippen LogP contribution >= 0.6 is 22.7 Å². The molecule has 0 saturated carbocycles. The second-order valence-electron chi connectivity index (χ2n) is 19.6. The van der Waals surface area contributed by atoms with E-state index in [1.807, 2.05) is 70.2 Å². The van der Waals surface area contributed by atoms with Crippen LogP contribution in [0.15, 0.2) is 82.8 Å². The van der Waals surface area contributed by atoms with Crippen LogP contribution in [-0.2, 0) is 49.7 Å². The Labute approximate surface area is 434 Å². The van der Waals surface area contributed by atoms with Gasteiger partial charge in [0.1, 0.15) is 35.9 Å². The quantitative estimate of drug-likeness (QED) is 0.0455. The van der Waals surface area contributed by atoms with E-state index in [1.165, 1.54) is 4.90 Å². The Morgan fingerprint density at radius 2 is 1.48 bits per heavy atom. The number of ether oxygens (including phenoxy) is 5. The summed E-state index contributed by atoms with van der Waals surface area (Å²) >= 11 is 3.12. The summed E-state index contributed by atoms with van der Waals surface area (Å²) in [7, 11) is -3.83. The summed E-state index contributed by atoms with van der Waals surface area (Å²) in [5, 5.41) is 20.3. The molecule has 7 rings (SSSR count). The summed E-state index contributed by atoms with van der Waals surface area (Å²) in [6.07, 6.45) is 0.852. The lowest BCUT2D eigenvalue weighted by Crippen LogP contribution is -2.58. The number of aryl methyl sites for hydroxylation is 1. The number of thiazole rings is 2. The third-order valence-electron chi connectivity index (χ3n) is 12.1. The largest absolute Gasteiger partial charge is 0.490 e. The number of rotatable bonds is 24. The highest BCUT2D eigenvalue weighted by Gasteiger charge is 2.44. The molecule has 3 aromatic heterocycles. The average Bonchev–Trinajstić information content (AvgIpc) is 4.11. The maximum Gasteiger partial charge on any atom is 0.246 e. The predicted octanol–water partition coefficient (Wildman–Crippen LogP) is 6.85. The van der Waals surface area contributed by atoms with Crippen molar-refractivity contribution in [2.75, 3.05) is 71.3 Å². The molecule has 1 aliphatic rings. The summed E-state index contributed by atoms with van der Waals surface area (Å²) in [6, 6.07) is 16.9. The van der Waals surface area contributed by atoms with Crippen molar-refractivity contribution in [3.8, 4) is 16.2 Å². The van der Waals surface area contributed by atoms with Gasteiger partial charge in [-0.2, -0.15) is 0 Å². The van der Waals surface area contributed by atoms with Gasteiger partial charge in [0, 0.05) is 48.5 Å². The fourth-order valence-corrected chi connectivity index (χ4v) is 10.8. The normalized spacial score (nSPS) is 15.7. The monoisotopic (exact) mass is 1060 g/mol. The highest BCUT2D eigenvalue weighted by atomic mass is 32.2. The molecule has 0 radical (unpaired) electrons. The minimum atomic E-state index is -3.83. The molecule has 3 amide bonds. The highest BCUT2D eigenvalue weighted by molar-refractivity contribution is 7.92. The molecule has 1 aliphatic heterocycles. The lowest BCUT2D eigenvalue weighted by atomic mass is 9.85. The van der Waals surface area contributed by atoms with E-state index in [0.29, 0.717) is 16.6 Å². The van der Waals surface area contributed by atoms with E-state index in [-0.39, 0.29) is 95.5 Å². The fourth-order valence-electron chi connectivity index (χ4n) is 8.02. The molecule has 0 unspecified atom stereocenters. The van der Waals surface area contributed by atoms with E-state index in [9.17, 15) is 27.9 Å². The number of anilines is 2. The number of aliphatic hydroxyl groups excluding tert-OH is 1. The van der Waals surface area contributed by atoms with E-state index in [4.69, 9.17) is 23.7 Å². The molecule has 3 atom stereocenters. The predicted molar refractivity (Wildman–Crippen MR) is 282 cm³/mol. The number of amides is 3. The third kappa shape index (κ3) is 14.4. The Hall–Kier alpha value is -5.65. The fraction of sp³-hybridized carbons (Fsp3) is 0.462. The van der Waals surface area contributed by atoms with Gasteiger partial charge in [-0.25, -0.2) is 18.4 Å². The van der Waals surface area contributed by atoms with Crippen LogP contribution in [0.3, 0.4) is 0 Å². The van der Waals surface area contributed by atoms with Crippen molar-refractivity contribution in [3.05, 3.63) is 89.1 Å². The maximum atomic E-state index is 14.0. The summed E-state index contributed by atoms with van der Waals surface area (Å²) < 4.78 is 56.1. The standard InChI is InChI=1S/C52H65N7O11S3/c1-33-47(72-31-55-33)35-10-8-34(9-11-35)28-54-49(62)42-25-37(60)29-59(42)50(63)48(51(2,3)4)58-46(61)30-69-21-20-67-17-16-66-18-19-68-22-23-70-43-27-40-38(26-45(43)73(64,65)52(5,6)7)39(14-15-53-40)57-36-12-13-44-41(24-36)56-32-71-44/h8-15,24,26-27,31-32,37,42,48,60H,16-23,25,28-30H2,1-7H3,(H,53,57)(H,54,62)(H,58,61)/t37-,42+,48-/m1/s1. The lowest BCUT2D eigenvalue weighted by molar-refractivity contribution is -0.144. The molecule has 0 bridgehead atoms. The second kappa shape index (κ2) is 24.6. The van der Waals surface area contributed by atoms with Gasteiger partial charge in [0.05, 0.1) is 94.4 Å². The van der Waals surface area contributed by atoms with Gasteiger partial charge in [0.15, 0.2) is 9.84 Å². The molecule has 392 valence electrons. The van der Waals surface area contributed by atoms with E-state index in [1.54, 1.807) is 78.9 Å². The number of pyridine rings is 1. The number of hydrogen-bond acceptors (Lipinski definition) is 17. The molecule has 4 heterocycles. The van der Waals surface area contributed by atoms with Crippen molar-refractivity contribution in [2.24, 2.45) is 5.41 Å². The maximum absolute atomic E-state index is 14.0. The molecule has 18 nitrogen and oxygen atoms in total. The molecule has 73 heavy (non-hydrogen) atoms. The van der Waals surface area contributed by atoms with E-state index >= 15 is 0 Å². The molecule has 4 N–H and O–H groups in total. The number of nitrogens with one attached hydrogen (secondary N) is 3. The second-order valence-corrected chi connectivity index (χ2v) is 24.0. The number of carbonyl (C=O) groups is 3. The van der Waals surface area contributed by atoms with Gasteiger partial charge in [-0.15, -0.1) is 22.7 Å². The molecule has 21 heteroatoms. The van der Waals surface area contributed by atoms with E-state index < -0.39 is 50.0 Å². The minimum absolute atomic E-state index is 0.0324. The number of likely N-dealkylation sites (tertiary alicyclic amines) is 1. The van der Waals surface area contributed by atoms with Crippen LogP contribution in [0, 0.1) is 12.3 Å². The number of nitrogens with zero attached hydrogens (tertiary/aromatic N) is 4. The molecular weight excluding hydrogens is 995 g/mol. The summed E-state index contributed by atoms with van der Waals surface area (Å²) in [5.41, 5.74) is 8.69. The number of β-amino-alcohol motifs (C(OH)–C–C–N with tert-alkyl or cyclic N) is 1. The number of aliphatic hydroxyl groups is 1. The van der Waals surface area contributed by atoms with Gasteiger partial charge in [0.2, 0.25) is 17.7 Å². The Bertz CT molecular complexity index is 2950. The third-order valence-corrected chi connectivity index (χ3v) is 16.4. The number of fused-ring (bicyclic) bond motifs is 2. The summed E-state index contributed by atoms with van der Waals surface area (Å²) in [5.74, 6) is -1.16. The van der Waals surface area contributed by atoms with Crippen molar-refractivity contribution < 1.29 is 51.6 Å². The van der Waals surface area contributed by atoms with Crippen LogP contribution < -0.4 is 20.7 Å². The molecule has 1 fully saturated rings. The van der Waals surface area contributed by atoms with Crippen LogP contribution in [0.5, 0.6) is 5.75 Å². The molecule has 6 aromatic rings. The van der Waals surface area contributed by atoms with Gasteiger partial charge >= 0.3 is 0 Å². The van der Waals surface area contributed by atoms with Crippen molar-refractivity contribution >= 4 is 82.7 Å². The summed E-state index contributed by atoms with van der Waals surface area (Å²) in [4.78, 5) is 56.1. The molecule has 0 aliphatic carbocycles. The first-order valence-corrected chi connectivity index (χ1v) is 27.3. The lowest BCUT2D eigenvalue weighted by Gasteiger charge is -2.35. The van der Waals surface area contributed by atoms with Gasteiger partial charge in [-0.3, -0.25) is 19.4 Å². The average molecular weight is 1060 g/mol. The first kappa shape index (κ1) is 55.1. The van der Waals surface area contributed by atoms with Crippen molar-refractivity contribution in [1.82, 2.24) is 30.5 Å². The van der Waals surface area contributed by atoms with Gasteiger partial charge in [-0.1, -0.05) is 45.0 Å². The van der Waals surface area contributed by atoms with Gasteiger partial charge in [0.25, 0.3) is 0 Å². The number of hydrogen-bond donors (Lipinski definition) is 4. The highest BCUT2D eigenvalue weighted by Crippen LogP contribution is 2.38. The van der Waals surface area contributed by atoms with Gasteiger partial charge < -0.3 is 49.6 Å². The van der Waals surface area contributed by atoms with Crippen LogP contribution in [0.1, 0.15) is 59.2 Å². The number of benzene rings is 3. The summed E-state index contributed by atoms with van der Waals surface area (Å²) in [6.45, 7) is 14.0. The molecule has 3 aromatic carbocycles. The van der Waals surface area contributed by atoms with Crippen LogP contribution in [0.2, 0.25) is 0 Å². The smallest absolute Gasteiger partial charge is 0.246 e. The van der Waals surface area contributed by atoms with E-state index in [0.717, 1.165) is 37.6 Å². The van der Waals surface area contributed by atoms with Crippen LogP contribution in [0.25, 0.3) is 31.6 Å². The number of carbonyl (C=O) groups excluding carboxylic acids is 3. The van der Waals surface area contributed by atoms with Crippen molar-refractivity contribution in [1.29, 1.82) is 0 Å². The Morgan fingerprint density at radius 3 is 2.14 bits per heavy atom. The zero-order valence-corrected chi connectivity index (χ0v) is 44.7. The van der Waals surface area contributed by atoms with Crippen molar-refractivity contribution in [2.45, 2.75) is 89.3 Å².